The number of aromatic nitrogens is 2. The van der Waals surface area contributed by atoms with Gasteiger partial charge in [-0.3, -0.25) is 0 Å². The van der Waals surface area contributed by atoms with Crippen molar-refractivity contribution in [2.75, 3.05) is 5.32 Å². The number of rotatable bonds is 3. The summed E-state index contributed by atoms with van der Waals surface area (Å²) in [6.45, 7) is 0.315. The summed E-state index contributed by atoms with van der Waals surface area (Å²) in [5.41, 5.74) is 5.73. The van der Waals surface area contributed by atoms with Gasteiger partial charge in [0.05, 0.1) is 6.54 Å². The monoisotopic (exact) mass is 248 g/mol. The summed E-state index contributed by atoms with van der Waals surface area (Å²) in [6.07, 6.45) is 8.16. The molecule has 1 heterocycles. The van der Waals surface area contributed by atoms with Gasteiger partial charge in [0, 0.05) is 5.54 Å². The van der Waals surface area contributed by atoms with Gasteiger partial charge in [-0.1, -0.05) is 5.10 Å². The van der Waals surface area contributed by atoms with E-state index in [-0.39, 0.29) is 5.54 Å². The predicted molar refractivity (Wildman–Crippen MR) is 66.7 cm³/mol. The summed E-state index contributed by atoms with van der Waals surface area (Å²) < 4.78 is 5.51. The van der Waals surface area contributed by atoms with Crippen molar-refractivity contribution in [2.45, 2.75) is 50.6 Å². The molecule has 5 heteroatoms. The van der Waals surface area contributed by atoms with Crippen LogP contribution < -0.4 is 11.1 Å². The van der Waals surface area contributed by atoms with Crippen LogP contribution in [0.4, 0.5) is 6.01 Å². The summed E-state index contributed by atoms with van der Waals surface area (Å²) in [6, 6.07) is 0.567. The fourth-order valence-electron chi connectivity index (χ4n) is 4.88. The largest absolute Gasteiger partial charge is 0.407 e. The van der Waals surface area contributed by atoms with Crippen LogP contribution in [-0.2, 0) is 6.54 Å². The average molecular weight is 248 g/mol. The number of nitrogens with two attached hydrogens (primary N) is 1. The number of nitrogens with zero attached hydrogens (tertiary/aromatic N) is 2. The zero-order valence-corrected chi connectivity index (χ0v) is 10.6. The van der Waals surface area contributed by atoms with Crippen LogP contribution in [0, 0.1) is 17.8 Å². The summed E-state index contributed by atoms with van der Waals surface area (Å²) in [5, 5.41) is 11.5. The zero-order chi connectivity index (χ0) is 12.2. The van der Waals surface area contributed by atoms with E-state index in [0.717, 1.165) is 17.8 Å². The van der Waals surface area contributed by atoms with Gasteiger partial charge >= 0.3 is 6.01 Å². The van der Waals surface area contributed by atoms with Crippen LogP contribution in [0.25, 0.3) is 0 Å². The molecule has 4 aliphatic carbocycles. The van der Waals surface area contributed by atoms with Gasteiger partial charge in [-0.05, 0) is 56.3 Å². The van der Waals surface area contributed by atoms with Crippen LogP contribution in [0.15, 0.2) is 4.42 Å². The van der Waals surface area contributed by atoms with Crippen LogP contribution >= 0.6 is 0 Å². The Morgan fingerprint density at radius 1 is 1.11 bits per heavy atom. The van der Waals surface area contributed by atoms with Crippen LogP contribution in [-0.4, -0.2) is 15.7 Å². The molecule has 4 aliphatic rings. The second-order valence-electron chi connectivity index (χ2n) is 6.53. The van der Waals surface area contributed by atoms with Crippen LogP contribution in [0.3, 0.4) is 0 Å². The molecule has 0 atom stereocenters. The lowest BCUT2D eigenvalue weighted by atomic mass is 9.53. The highest BCUT2D eigenvalue weighted by molar-refractivity contribution is 5.27. The highest BCUT2D eigenvalue weighted by atomic mass is 16.4. The molecule has 0 spiro atoms. The molecule has 0 aromatic carbocycles. The third kappa shape index (κ3) is 1.64. The average Bonchev–Trinajstić information content (AvgIpc) is 2.74. The SMILES string of the molecule is NCc1nnc(NC23CC4CC(CC(C4)C2)C3)o1. The minimum absolute atomic E-state index is 0.229. The van der Waals surface area contributed by atoms with Gasteiger partial charge in [-0.15, -0.1) is 5.10 Å². The normalized spacial score (nSPS) is 41.3. The molecular weight excluding hydrogens is 228 g/mol. The van der Waals surface area contributed by atoms with Crippen LogP contribution in [0.2, 0.25) is 0 Å². The first-order valence-corrected chi connectivity index (χ1v) is 7.05. The van der Waals surface area contributed by atoms with E-state index in [4.69, 9.17) is 10.2 Å². The van der Waals surface area contributed by atoms with Crippen molar-refractivity contribution in [3.63, 3.8) is 0 Å². The van der Waals surface area contributed by atoms with E-state index in [9.17, 15) is 0 Å². The topological polar surface area (TPSA) is 77.0 Å². The minimum Gasteiger partial charge on any atom is -0.407 e. The summed E-state index contributed by atoms with van der Waals surface area (Å²) in [7, 11) is 0. The molecule has 5 rings (SSSR count). The molecule has 18 heavy (non-hydrogen) atoms. The quantitative estimate of drug-likeness (QED) is 0.854. The Morgan fingerprint density at radius 2 is 1.72 bits per heavy atom. The molecule has 0 aliphatic heterocycles. The van der Waals surface area contributed by atoms with E-state index in [2.05, 4.69) is 15.5 Å². The number of hydrogen-bond donors (Lipinski definition) is 2. The van der Waals surface area contributed by atoms with E-state index in [1.54, 1.807) is 0 Å². The standard InChI is InChI=1S/C13H20N4O/c14-7-11-16-17-12(18-11)15-13-4-8-1-9(5-13)3-10(2-8)6-13/h8-10H,1-7,14H2,(H,15,17). The summed E-state index contributed by atoms with van der Waals surface area (Å²) in [4.78, 5) is 0. The number of hydrogen-bond acceptors (Lipinski definition) is 5. The number of nitrogens with one attached hydrogen (secondary N) is 1. The Balaban J connectivity index is 1.56. The summed E-state index contributed by atoms with van der Waals surface area (Å²) in [5.74, 6) is 3.27. The van der Waals surface area contributed by atoms with E-state index >= 15 is 0 Å². The van der Waals surface area contributed by atoms with Gasteiger partial charge in [0.15, 0.2) is 0 Å². The van der Waals surface area contributed by atoms with E-state index in [1.807, 2.05) is 0 Å². The van der Waals surface area contributed by atoms with Crippen LogP contribution in [0.1, 0.15) is 44.4 Å². The Labute approximate surface area is 107 Å². The molecule has 4 fully saturated rings. The van der Waals surface area contributed by atoms with Crippen molar-refractivity contribution in [3.8, 4) is 0 Å². The van der Waals surface area contributed by atoms with Gasteiger partial charge in [0.2, 0.25) is 5.89 Å². The Hall–Kier alpha value is -1.10. The molecule has 0 saturated heterocycles. The van der Waals surface area contributed by atoms with Crippen molar-refractivity contribution in [1.29, 1.82) is 0 Å². The third-order valence-corrected chi connectivity index (χ3v) is 5.05. The van der Waals surface area contributed by atoms with Crippen molar-refractivity contribution in [2.24, 2.45) is 23.5 Å². The fourth-order valence-corrected chi connectivity index (χ4v) is 4.88. The Morgan fingerprint density at radius 3 is 2.22 bits per heavy atom. The highest BCUT2D eigenvalue weighted by Gasteiger charge is 2.51. The van der Waals surface area contributed by atoms with Crippen LogP contribution in [0.5, 0.6) is 0 Å². The summed E-state index contributed by atoms with van der Waals surface area (Å²) >= 11 is 0. The lowest BCUT2D eigenvalue weighted by molar-refractivity contribution is 0.00959. The Bertz CT molecular complexity index is 420. The molecule has 98 valence electrons. The van der Waals surface area contributed by atoms with Crippen molar-refractivity contribution < 1.29 is 4.42 Å². The smallest absolute Gasteiger partial charge is 0.315 e. The molecule has 4 saturated carbocycles. The second-order valence-corrected chi connectivity index (χ2v) is 6.53. The van der Waals surface area contributed by atoms with Gasteiger partial charge in [-0.2, -0.15) is 0 Å². The zero-order valence-electron chi connectivity index (χ0n) is 10.6. The molecule has 1 aromatic heterocycles. The maximum Gasteiger partial charge on any atom is 0.315 e. The molecular formula is C13H20N4O. The molecule has 5 nitrogen and oxygen atoms in total. The first-order valence-electron chi connectivity index (χ1n) is 7.05. The molecule has 0 amide bonds. The molecule has 0 radical (unpaired) electrons. The first kappa shape index (κ1) is 10.8. The third-order valence-electron chi connectivity index (χ3n) is 5.05. The van der Waals surface area contributed by atoms with Gasteiger partial charge in [-0.25, -0.2) is 0 Å². The van der Waals surface area contributed by atoms with Gasteiger partial charge < -0.3 is 15.5 Å². The maximum absolute atomic E-state index is 5.51. The predicted octanol–water partition coefficient (Wildman–Crippen LogP) is 1.91. The van der Waals surface area contributed by atoms with E-state index < -0.39 is 0 Å². The van der Waals surface area contributed by atoms with Crippen molar-refractivity contribution in [3.05, 3.63) is 5.89 Å². The first-order chi connectivity index (χ1) is 8.75. The molecule has 3 N–H and O–H groups in total. The molecule has 1 aromatic rings. The van der Waals surface area contributed by atoms with E-state index in [0.29, 0.717) is 18.5 Å². The fraction of sp³-hybridized carbons (Fsp3) is 0.846. The van der Waals surface area contributed by atoms with Gasteiger partial charge in [0.1, 0.15) is 0 Å². The maximum atomic E-state index is 5.51. The minimum atomic E-state index is 0.229. The second kappa shape index (κ2) is 3.70. The lowest BCUT2D eigenvalue weighted by Gasteiger charge is -2.56. The van der Waals surface area contributed by atoms with Gasteiger partial charge in [0.25, 0.3) is 0 Å². The highest BCUT2D eigenvalue weighted by Crippen LogP contribution is 2.56. The van der Waals surface area contributed by atoms with E-state index in [1.165, 1.54) is 38.5 Å². The van der Waals surface area contributed by atoms with Crippen molar-refractivity contribution in [1.82, 2.24) is 10.2 Å². The molecule has 4 bridgehead atoms. The van der Waals surface area contributed by atoms with Crippen molar-refractivity contribution >= 4 is 6.01 Å². The Kier molecular flexibility index (Phi) is 2.22. The molecule has 0 unspecified atom stereocenters. The number of anilines is 1. The lowest BCUT2D eigenvalue weighted by Crippen LogP contribution is -2.54.